The molecule has 0 radical (unpaired) electrons. The van der Waals surface area contributed by atoms with E-state index in [2.05, 4.69) is 37.5 Å². The molecular weight excluding hydrogens is 314 g/mol. The van der Waals surface area contributed by atoms with Crippen molar-refractivity contribution in [3.05, 3.63) is 28.2 Å². The van der Waals surface area contributed by atoms with Crippen LogP contribution < -0.4 is 0 Å². The second-order valence-electron chi connectivity index (χ2n) is 4.00. The van der Waals surface area contributed by atoms with Crippen molar-refractivity contribution in [1.29, 1.82) is 5.26 Å². The first-order valence-corrected chi connectivity index (χ1v) is 7.04. The van der Waals surface area contributed by atoms with E-state index in [1.807, 2.05) is 10.7 Å². The Morgan fingerprint density at radius 2 is 2.28 bits per heavy atom. The van der Waals surface area contributed by atoms with E-state index in [1.54, 1.807) is 12.1 Å². The number of nitrogens with zero attached hydrogens (tertiary/aromatic N) is 5. The molecule has 1 heterocycles. The number of hydrogen-bond acceptors (Lipinski definition) is 5. The molecule has 0 unspecified atom stereocenters. The molecular formula is C11H8BrN5S. The number of rotatable bonds is 3. The van der Waals surface area contributed by atoms with E-state index in [-0.39, 0.29) is 0 Å². The van der Waals surface area contributed by atoms with E-state index in [0.717, 1.165) is 27.4 Å². The SMILES string of the molecule is N#Cc1ccc(Sc2nnnn2C2CC2)c(Br)c1. The van der Waals surface area contributed by atoms with E-state index >= 15 is 0 Å². The topological polar surface area (TPSA) is 67.4 Å². The summed E-state index contributed by atoms with van der Waals surface area (Å²) in [6.45, 7) is 0. The fourth-order valence-electron chi connectivity index (χ4n) is 1.55. The van der Waals surface area contributed by atoms with Crippen LogP contribution >= 0.6 is 27.7 Å². The quantitative estimate of drug-likeness (QED) is 0.869. The molecule has 1 aromatic heterocycles. The van der Waals surface area contributed by atoms with Gasteiger partial charge in [0.1, 0.15) is 0 Å². The first-order valence-electron chi connectivity index (χ1n) is 5.43. The monoisotopic (exact) mass is 321 g/mol. The van der Waals surface area contributed by atoms with Crippen LogP contribution in [0.3, 0.4) is 0 Å². The van der Waals surface area contributed by atoms with Crippen LogP contribution in [0.2, 0.25) is 0 Å². The molecule has 1 fully saturated rings. The molecule has 1 saturated carbocycles. The van der Waals surface area contributed by atoms with Crippen molar-refractivity contribution < 1.29 is 0 Å². The molecule has 1 aliphatic carbocycles. The highest BCUT2D eigenvalue weighted by atomic mass is 79.9. The van der Waals surface area contributed by atoms with Crippen molar-refractivity contribution in [1.82, 2.24) is 20.2 Å². The van der Waals surface area contributed by atoms with E-state index < -0.39 is 0 Å². The molecule has 0 atom stereocenters. The normalized spacial score (nSPS) is 14.4. The maximum Gasteiger partial charge on any atom is 0.214 e. The Labute approximate surface area is 116 Å². The van der Waals surface area contributed by atoms with Crippen LogP contribution in [0.5, 0.6) is 0 Å². The summed E-state index contributed by atoms with van der Waals surface area (Å²) in [7, 11) is 0. The predicted octanol–water partition coefficient (Wildman–Crippen LogP) is 2.79. The van der Waals surface area contributed by atoms with Gasteiger partial charge in [-0.2, -0.15) is 5.26 Å². The molecule has 1 aromatic carbocycles. The first kappa shape index (κ1) is 11.7. The molecule has 7 heteroatoms. The molecule has 18 heavy (non-hydrogen) atoms. The van der Waals surface area contributed by atoms with Crippen molar-refractivity contribution in [2.24, 2.45) is 0 Å². The third kappa shape index (κ3) is 2.26. The number of benzene rings is 1. The fourth-order valence-corrected chi connectivity index (χ4v) is 3.02. The van der Waals surface area contributed by atoms with Gasteiger partial charge in [-0.1, -0.05) is 0 Å². The van der Waals surface area contributed by atoms with Gasteiger partial charge in [-0.15, -0.1) is 5.10 Å². The van der Waals surface area contributed by atoms with Crippen LogP contribution in [0.4, 0.5) is 0 Å². The molecule has 90 valence electrons. The molecule has 1 aliphatic rings. The summed E-state index contributed by atoms with van der Waals surface area (Å²) < 4.78 is 2.76. The van der Waals surface area contributed by atoms with Crippen molar-refractivity contribution >= 4 is 27.7 Å². The predicted molar refractivity (Wildman–Crippen MR) is 69.1 cm³/mol. The Morgan fingerprint density at radius 1 is 1.44 bits per heavy atom. The third-order valence-electron chi connectivity index (χ3n) is 2.62. The van der Waals surface area contributed by atoms with Gasteiger partial charge in [0, 0.05) is 9.37 Å². The Hall–Kier alpha value is -1.39. The summed E-state index contributed by atoms with van der Waals surface area (Å²) in [6.07, 6.45) is 2.29. The van der Waals surface area contributed by atoms with Crippen molar-refractivity contribution in [2.75, 3.05) is 0 Å². The van der Waals surface area contributed by atoms with Crippen LogP contribution in [0.15, 0.2) is 32.7 Å². The zero-order valence-corrected chi connectivity index (χ0v) is 11.6. The van der Waals surface area contributed by atoms with Crippen molar-refractivity contribution in [3.63, 3.8) is 0 Å². The summed E-state index contributed by atoms with van der Waals surface area (Å²) in [6, 6.07) is 8.06. The second-order valence-corrected chi connectivity index (χ2v) is 5.86. The summed E-state index contributed by atoms with van der Waals surface area (Å²) >= 11 is 4.97. The highest BCUT2D eigenvalue weighted by molar-refractivity contribution is 9.10. The lowest BCUT2D eigenvalue weighted by molar-refractivity contribution is 0.565. The van der Waals surface area contributed by atoms with Gasteiger partial charge in [0.2, 0.25) is 5.16 Å². The van der Waals surface area contributed by atoms with E-state index in [9.17, 15) is 0 Å². The lowest BCUT2D eigenvalue weighted by Gasteiger charge is -2.04. The van der Waals surface area contributed by atoms with Gasteiger partial charge in [-0.25, -0.2) is 4.68 Å². The maximum absolute atomic E-state index is 8.82. The zero-order chi connectivity index (χ0) is 12.5. The molecule has 0 aliphatic heterocycles. The van der Waals surface area contributed by atoms with Crippen molar-refractivity contribution in [2.45, 2.75) is 28.9 Å². The Morgan fingerprint density at radius 3 is 2.94 bits per heavy atom. The first-order chi connectivity index (χ1) is 8.78. The van der Waals surface area contributed by atoms with Gasteiger partial charge in [0.05, 0.1) is 17.7 Å². The summed E-state index contributed by atoms with van der Waals surface area (Å²) in [5.41, 5.74) is 0.632. The summed E-state index contributed by atoms with van der Waals surface area (Å²) in [5.74, 6) is 0. The maximum atomic E-state index is 8.82. The van der Waals surface area contributed by atoms with Crippen LogP contribution in [-0.4, -0.2) is 20.2 Å². The fraction of sp³-hybridized carbons (Fsp3) is 0.273. The zero-order valence-electron chi connectivity index (χ0n) is 9.25. The average molecular weight is 322 g/mol. The van der Waals surface area contributed by atoms with E-state index in [1.165, 1.54) is 11.8 Å². The van der Waals surface area contributed by atoms with Gasteiger partial charge >= 0.3 is 0 Å². The average Bonchev–Trinajstić information content (AvgIpc) is 3.12. The standard InChI is InChI=1S/C11H8BrN5S/c12-9-5-7(6-13)1-4-10(9)18-11-14-15-16-17(11)8-2-3-8/h1,4-5,8H,2-3H2. The van der Waals surface area contributed by atoms with Gasteiger partial charge in [0.15, 0.2) is 0 Å². The minimum absolute atomic E-state index is 0.458. The molecule has 0 bridgehead atoms. The highest BCUT2D eigenvalue weighted by Gasteiger charge is 2.28. The van der Waals surface area contributed by atoms with Crippen LogP contribution in [-0.2, 0) is 0 Å². The smallest absolute Gasteiger partial charge is 0.214 e. The van der Waals surface area contributed by atoms with Crippen LogP contribution in [0, 0.1) is 11.3 Å². The van der Waals surface area contributed by atoms with E-state index in [0.29, 0.717) is 11.6 Å². The Kier molecular flexibility index (Phi) is 3.06. The highest BCUT2D eigenvalue weighted by Crippen LogP contribution is 2.39. The summed E-state index contributed by atoms with van der Waals surface area (Å²) in [5, 5.41) is 21.4. The van der Waals surface area contributed by atoms with Gasteiger partial charge in [-0.05, 0) is 69.2 Å². The van der Waals surface area contributed by atoms with Gasteiger partial charge in [0.25, 0.3) is 0 Å². The molecule has 3 rings (SSSR count). The lowest BCUT2D eigenvalue weighted by atomic mass is 10.2. The number of aromatic nitrogens is 4. The second kappa shape index (κ2) is 4.71. The van der Waals surface area contributed by atoms with Gasteiger partial charge < -0.3 is 0 Å². The molecule has 0 saturated heterocycles. The Bertz CT molecular complexity index is 629. The van der Waals surface area contributed by atoms with Crippen LogP contribution in [0.1, 0.15) is 24.4 Å². The van der Waals surface area contributed by atoms with Gasteiger partial charge in [-0.3, -0.25) is 0 Å². The van der Waals surface area contributed by atoms with E-state index in [4.69, 9.17) is 5.26 Å². The molecule has 0 spiro atoms. The number of halogens is 1. The largest absolute Gasteiger partial charge is 0.217 e. The molecule has 5 nitrogen and oxygen atoms in total. The molecule has 2 aromatic rings. The number of hydrogen-bond donors (Lipinski definition) is 0. The minimum atomic E-state index is 0.458. The molecule has 0 N–H and O–H groups in total. The number of nitriles is 1. The Balaban J connectivity index is 1.88. The lowest BCUT2D eigenvalue weighted by Crippen LogP contribution is -1.98. The number of tetrazole rings is 1. The third-order valence-corrected chi connectivity index (χ3v) is 4.56. The summed E-state index contributed by atoms with van der Waals surface area (Å²) in [4.78, 5) is 1.01. The van der Waals surface area contributed by atoms with Crippen LogP contribution in [0.25, 0.3) is 0 Å². The molecule has 0 amide bonds. The van der Waals surface area contributed by atoms with Crippen molar-refractivity contribution in [3.8, 4) is 6.07 Å². The minimum Gasteiger partial charge on any atom is -0.217 e.